The van der Waals surface area contributed by atoms with E-state index in [1.54, 1.807) is 0 Å². The molecule has 13 N–H and O–H groups in total. The number of aromatic amines is 1. The lowest BCUT2D eigenvalue weighted by atomic mass is 10.0. The van der Waals surface area contributed by atoms with Gasteiger partial charge in [-0.1, -0.05) is 13.8 Å². The Morgan fingerprint density at radius 2 is 1.61 bits per heavy atom. The van der Waals surface area contributed by atoms with Crippen molar-refractivity contribution in [2.45, 2.75) is 70.1 Å². The SMILES string of the molecule is CC(C)CC(NC(=O)C(Cc1cnc[nH]1)NC(=O)C(N)CC(N)=O)C(=O)NC(CCCN=C(N)N)C(=O)O. The standard InChI is InChI=1S/C22H38N10O6/c1-11(2)6-15(19(35)30-14(21(37)38)4-3-5-28-22(25)26)32-20(36)16(7-12-9-27-10-29-12)31-18(34)13(23)8-17(24)33/h9-11,13-16H,3-8,23H2,1-2H3,(H2,24,33)(H,27,29)(H,30,35)(H,31,34)(H,32,36)(H,37,38)(H4,25,26,28). The predicted octanol–water partition coefficient (Wildman–Crippen LogP) is -3.21. The molecule has 0 fully saturated rings. The molecule has 1 aromatic rings. The lowest BCUT2D eigenvalue weighted by Crippen LogP contribution is -2.58. The molecule has 0 saturated carbocycles. The molecule has 4 amide bonds. The number of primary amides is 1. The molecule has 4 unspecified atom stereocenters. The van der Waals surface area contributed by atoms with Gasteiger partial charge in [0.2, 0.25) is 23.6 Å². The van der Waals surface area contributed by atoms with Crippen molar-refractivity contribution in [2.24, 2.45) is 33.8 Å². The van der Waals surface area contributed by atoms with Crippen LogP contribution in [0, 0.1) is 5.92 Å². The van der Waals surface area contributed by atoms with E-state index in [9.17, 15) is 29.1 Å². The number of rotatable bonds is 17. The van der Waals surface area contributed by atoms with Crippen molar-refractivity contribution >= 4 is 35.6 Å². The summed E-state index contributed by atoms with van der Waals surface area (Å²) in [5.41, 5.74) is 21.8. The van der Waals surface area contributed by atoms with Crippen molar-refractivity contribution in [1.82, 2.24) is 25.9 Å². The predicted molar refractivity (Wildman–Crippen MR) is 137 cm³/mol. The zero-order chi connectivity index (χ0) is 28.8. The number of aromatic nitrogens is 2. The van der Waals surface area contributed by atoms with Gasteiger partial charge < -0.3 is 49.0 Å². The summed E-state index contributed by atoms with van der Waals surface area (Å²) in [5, 5.41) is 17.0. The second-order valence-corrected chi connectivity index (χ2v) is 9.16. The highest BCUT2D eigenvalue weighted by atomic mass is 16.4. The number of nitrogens with one attached hydrogen (secondary N) is 4. The van der Waals surface area contributed by atoms with Gasteiger partial charge in [-0.3, -0.25) is 24.2 Å². The van der Waals surface area contributed by atoms with Crippen LogP contribution in [0.25, 0.3) is 0 Å². The fourth-order valence-corrected chi connectivity index (χ4v) is 3.42. The molecule has 0 spiro atoms. The highest BCUT2D eigenvalue weighted by Gasteiger charge is 2.31. The van der Waals surface area contributed by atoms with Crippen LogP contribution in [0.5, 0.6) is 0 Å². The number of hydrogen-bond acceptors (Lipinski definition) is 8. The van der Waals surface area contributed by atoms with E-state index in [1.165, 1.54) is 12.5 Å². The van der Waals surface area contributed by atoms with Gasteiger partial charge in [0.1, 0.15) is 18.1 Å². The van der Waals surface area contributed by atoms with E-state index in [0.29, 0.717) is 12.1 Å². The number of aliphatic carboxylic acids is 1. The molecule has 0 aliphatic rings. The van der Waals surface area contributed by atoms with Crippen molar-refractivity contribution in [3.8, 4) is 0 Å². The molecular formula is C22H38N10O6. The largest absolute Gasteiger partial charge is 0.480 e. The lowest BCUT2D eigenvalue weighted by Gasteiger charge is -2.26. The topological polar surface area (TPSA) is 287 Å². The third-order valence-electron chi connectivity index (χ3n) is 5.27. The third-order valence-corrected chi connectivity index (χ3v) is 5.27. The first-order valence-electron chi connectivity index (χ1n) is 12.0. The molecule has 4 atom stereocenters. The van der Waals surface area contributed by atoms with Gasteiger partial charge in [-0.25, -0.2) is 9.78 Å². The molecule has 1 rings (SSSR count). The van der Waals surface area contributed by atoms with Crippen LogP contribution in [0.15, 0.2) is 17.5 Å². The van der Waals surface area contributed by atoms with Crippen LogP contribution in [-0.4, -0.2) is 81.3 Å². The summed E-state index contributed by atoms with van der Waals surface area (Å²) in [6.07, 6.45) is 2.91. The maximum Gasteiger partial charge on any atom is 0.326 e. The quantitative estimate of drug-likeness (QED) is 0.0543. The summed E-state index contributed by atoms with van der Waals surface area (Å²) < 4.78 is 0. The summed E-state index contributed by atoms with van der Waals surface area (Å²) in [6.45, 7) is 3.83. The number of H-pyrrole nitrogens is 1. The number of guanidine groups is 1. The van der Waals surface area contributed by atoms with Gasteiger partial charge in [-0.15, -0.1) is 0 Å². The lowest BCUT2D eigenvalue weighted by molar-refractivity contribution is -0.142. The summed E-state index contributed by atoms with van der Waals surface area (Å²) in [5.74, 6) is -4.46. The first-order chi connectivity index (χ1) is 17.8. The Morgan fingerprint density at radius 3 is 2.13 bits per heavy atom. The molecule has 0 bridgehead atoms. The van der Waals surface area contributed by atoms with Crippen molar-refractivity contribution < 1.29 is 29.1 Å². The molecule has 0 saturated heterocycles. The van der Waals surface area contributed by atoms with E-state index in [-0.39, 0.29) is 37.7 Å². The zero-order valence-electron chi connectivity index (χ0n) is 21.5. The molecule has 0 aliphatic heterocycles. The maximum atomic E-state index is 13.2. The minimum Gasteiger partial charge on any atom is -0.480 e. The number of carbonyl (C=O) groups is 5. The number of nitrogens with zero attached hydrogens (tertiary/aromatic N) is 2. The van der Waals surface area contributed by atoms with Crippen LogP contribution in [0.2, 0.25) is 0 Å². The number of carbonyl (C=O) groups excluding carboxylic acids is 4. The highest BCUT2D eigenvalue weighted by molar-refractivity contribution is 5.95. The van der Waals surface area contributed by atoms with Gasteiger partial charge in [-0.2, -0.15) is 0 Å². The molecule has 16 heteroatoms. The molecule has 38 heavy (non-hydrogen) atoms. The molecule has 0 radical (unpaired) electrons. The Bertz CT molecular complexity index is 977. The summed E-state index contributed by atoms with van der Waals surface area (Å²) >= 11 is 0. The van der Waals surface area contributed by atoms with E-state index in [0.717, 1.165) is 0 Å². The number of amides is 4. The third kappa shape index (κ3) is 12.2. The second kappa shape index (κ2) is 15.8. The van der Waals surface area contributed by atoms with E-state index < -0.39 is 60.2 Å². The van der Waals surface area contributed by atoms with E-state index in [2.05, 4.69) is 30.9 Å². The van der Waals surface area contributed by atoms with Crippen LogP contribution in [0.3, 0.4) is 0 Å². The average Bonchev–Trinajstić information content (AvgIpc) is 3.32. The molecule has 1 aromatic heterocycles. The van der Waals surface area contributed by atoms with Gasteiger partial charge in [0.15, 0.2) is 5.96 Å². The van der Waals surface area contributed by atoms with Crippen molar-refractivity contribution in [3.63, 3.8) is 0 Å². The number of carboxylic acid groups (broad SMARTS) is 1. The minimum absolute atomic E-state index is 0.0283. The summed E-state index contributed by atoms with van der Waals surface area (Å²) in [6, 6.07) is -4.83. The van der Waals surface area contributed by atoms with Crippen LogP contribution in [0.4, 0.5) is 0 Å². The van der Waals surface area contributed by atoms with Gasteiger partial charge in [-0.05, 0) is 25.2 Å². The fraction of sp³-hybridized carbons (Fsp3) is 0.591. The van der Waals surface area contributed by atoms with Gasteiger partial charge in [0, 0.05) is 24.9 Å². The average molecular weight is 539 g/mol. The van der Waals surface area contributed by atoms with Crippen molar-refractivity contribution in [1.29, 1.82) is 0 Å². The number of hydrogen-bond donors (Lipinski definition) is 9. The monoisotopic (exact) mass is 538 g/mol. The molecule has 0 aliphatic carbocycles. The number of carboxylic acids is 1. The molecule has 16 nitrogen and oxygen atoms in total. The molecular weight excluding hydrogens is 500 g/mol. The summed E-state index contributed by atoms with van der Waals surface area (Å²) in [4.78, 5) is 72.0. The van der Waals surface area contributed by atoms with E-state index >= 15 is 0 Å². The normalized spacial score (nSPS) is 14.0. The van der Waals surface area contributed by atoms with Gasteiger partial charge in [0.25, 0.3) is 0 Å². The van der Waals surface area contributed by atoms with Crippen LogP contribution in [0.1, 0.15) is 45.2 Å². The number of aliphatic imine (C=N–C) groups is 1. The Morgan fingerprint density at radius 1 is 1.00 bits per heavy atom. The number of imidazole rings is 1. The van der Waals surface area contributed by atoms with Crippen molar-refractivity contribution in [3.05, 3.63) is 18.2 Å². The first-order valence-corrected chi connectivity index (χ1v) is 12.0. The van der Waals surface area contributed by atoms with Gasteiger partial charge in [0.05, 0.1) is 18.8 Å². The Labute approximate surface area is 219 Å². The highest BCUT2D eigenvalue weighted by Crippen LogP contribution is 2.09. The Balaban J connectivity index is 3.01. The maximum absolute atomic E-state index is 13.2. The fourth-order valence-electron chi connectivity index (χ4n) is 3.42. The molecule has 212 valence electrons. The van der Waals surface area contributed by atoms with Crippen LogP contribution >= 0.6 is 0 Å². The second-order valence-electron chi connectivity index (χ2n) is 9.16. The van der Waals surface area contributed by atoms with Crippen molar-refractivity contribution in [2.75, 3.05) is 6.54 Å². The molecule has 0 aromatic carbocycles. The zero-order valence-corrected chi connectivity index (χ0v) is 21.5. The van der Waals surface area contributed by atoms with Gasteiger partial charge >= 0.3 is 5.97 Å². The first kappa shape index (κ1) is 31.8. The Kier molecular flexibility index (Phi) is 13.2. The number of nitrogens with two attached hydrogens (primary N) is 4. The smallest absolute Gasteiger partial charge is 0.326 e. The minimum atomic E-state index is -1.28. The Hall–Kier alpha value is -4.21. The molecule has 1 heterocycles. The summed E-state index contributed by atoms with van der Waals surface area (Å²) in [7, 11) is 0. The van der Waals surface area contributed by atoms with E-state index in [4.69, 9.17) is 22.9 Å². The van der Waals surface area contributed by atoms with Crippen LogP contribution in [-0.2, 0) is 30.4 Å². The van der Waals surface area contributed by atoms with Crippen LogP contribution < -0.4 is 38.9 Å². The van der Waals surface area contributed by atoms with E-state index in [1.807, 2.05) is 13.8 Å².